The van der Waals surface area contributed by atoms with Crippen LogP contribution in [0.3, 0.4) is 0 Å². The van der Waals surface area contributed by atoms with Crippen molar-refractivity contribution in [3.8, 4) is 0 Å². The van der Waals surface area contributed by atoms with Crippen molar-refractivity contribution < 1.29 is 13.6 Å². The molecule has 0 radical (unpaired) electrons. The predicted octanol–water partition coefficient (Wildman–Crippen LogP) is 6.07. The van der Waals surface area contributed by atoms with Gasteiger partial charge in [-0.25, -0.2) is 0 Å². The van der Waals surface area contributed by atoms with Crippen LogP contribution in [0.25, 0.3) is 0 Å². The fourth-order valence-electron chi connectivity index (χ4n) is 3.02. The highest BCUT2D eigenvalue weighted by molar-refractivity contribution is 9.09. The summed E-state index contributed by atoms with van der Waals surface area (Å²) in [5.41, 5.74) is 0.680. The molecule has 0 N–H and O–H groups in total. The van der Waals surface area contributed by atoms with Crippen molar-refractivity contribution in [1.82, 2.24) is 0 Å². The van der Waals surface area contributed by atoms with Crippen molar-refractivity contribution in [2.45, 2.75) is 70.2 Å². The van der Waals surface area contributed by atoms with Gasteiger partial charge in [0.1, 0.15) is 0 Å². The van der Waals surface area contributed by atoms with E-state index in [-0.39, 0.29) is 10.8 Å². The zero-order valence-electron chi connectivity index (χ0n) is 17.2. The van der Waals surface area contributed by atoms with Gasteiger partial charge in [-0.05, 0) is 64.5 Å². The summed E-state index contributed by atoms with van der Waals surface area (Å²) >= 11 is 3.71. The molecule has 0 aliphatic heterocycles. The third-order valence-corrected chi connectivity index (χ3v) is 11.2. The SMILES string of the molecule is C[SiH](C)O[Si](C)(C)CCCCOC(=O)C(C)(C)CC(Br)c1ccccc1. The number of hydrogen-bond acceptors (Lipinski definition) is 3. The third kappa shape index (κ3) is 8.97. The van der Waals surface area contributed by atoms with E-state index >= 15 is 0 Å². The molecule has 0 saturated heterocycles. The smallest absolute Gasteiger partial charge is 0.311 e. The molecule has 1 aromatic rings. The normalized spacial score (nSPS) is 13.7. The third-order valence-electron chi connectivity index (χ3n) is 4.36. The standard InChI is InChI=1S/C20H35BrO3Si2/c1-20(2,16-18(21)17-12-8-7-9-13-17)19(22)23-14-10-11-15-26(5,6)24-25(3)4/h7-9,12-13,18,25H,10-11,14-16H2,1-6H3. The second kappa shape index (κ2) is 10.8. The van der Waals surface area contributed by atoms with Gasteiger partial charge in [0.2, 0.25) is 0 Å². The molecule has 1 unspecified atom stereocenters. The first-order valence-corrected chi connectivity index (χ1v) is 16.4. The van der Waals surface area contributed by atoms with Crippen LogP contribution >= 0.6 is 15.9 Å². The van der Waals surface area contributed by atoms with E-state index in [1.165, 1.54) is 5.56 Å². The summed E-state index contributed by atoms with van der Waals surface area (Å²) < 4.78 is 11.7. The molecule has 1 atom stereocenters. The number of rotatable bonds is 11. The first-order valence-electron chi connectivity index (χ1n) is 9.57. The van der Waals surface area contributed by atoms with Crippen LogP contribution in [0.1, 0.15) is 43.5 Å². The highest BCUT2D eigenvalue weighted by Crippen LogP contribution is 2.36. The molecule has 26 heavy (non-hydrogen) atoms. The van der Waals surface area contributed by atoms with E-state index in [1.54, 1.807) is 0 Å². The minimum atomic E-state index is -1.52. The Bertz CT molecular complexity index is 547. The Morgan fingerprint density at radius 3 is 2.38 bits per heavy atom. The summed E-state index contributed by atoms with van der Waals surface area (Å²) in [6.07, 6.45) is 2.69. The molecule has 3 nitrogen and oxygen atoms in total. The van der Waals surface area contributed by atoms with Crippen LogP contribution in [0.5, 0.6) is 0 Å². The largest absolute Gasteiger partial charge is 0.465 e. The van der Waals surface area contributed by atoms with Gasteiger partial charge in [-0.1, -0.05) is 52.7 Å². The van der Waals surface area contributed by atoms with Crippen molar-refractivity contribution in [1.29, 1.82) is 0 Å². The number of carbonyl (C=O) groups is 1. The fourth-order valence-corrected chi connectivity index (χ4v) is 10.8. The maximum Gasteiger partial charge on any atom is 0.311 e. The summed E-state index contributed by atoms with van der Waals surface area (Å²) in [5, 5.41) is 0. The molecule has 6 heteroatoms. The van der Waals surface area contributed by atoms with E-state index in [1.807, 2.05) is 32.0 Å². The number of carbonyl (C=O) groups excluding carboxylic acids is 1. The van der Waals surface area contributed by atoms with E-state index in [4.69, 9.17) is 8.85 Å². The second-order valence-corrected chi connectivity index (χ2v) is 16.7. The Morgan fingerprint density at radius 2 is 1.81 bits per heavy atom. The molecule has 0 spiro atoms. The van der Waals surface area contributed by atoms with Crippen molar-refractivity contribution in [3.63, 3.8) is 0 Å². The summed E-state index contributed by atoms with van der Waals surface area (Å²) in [4.78, 5) is 12.6. The second-order valence-electron chi connectivity index (χ2n) is 8.49. The highest BCUT2D eigenvalue weighted by atomic mass is 79.9. The van der Waals surface area contributed by atoms with Crippen molar-refractivity contribution in [3.05, 3.63) is 35.9 Å². The molecule has 0 aliphatic carbocycles. The Labute approximate surface area is 170 Å². The number of benzene rings is 1. The number of unbranched alkanes of at least 4 members (excludes halogenated alkanes) is 1. The fraction of sp³-hybridized carbons (Fsp3) is 0.650. The average Bonchev–Trinajstić information content (AvgIpc) is 2.53. The van der Waals surface area contributed by atoms with Crippen LogP contribution in [0.2, 0.25) is 32.2 Å². The monoisotopic (exact) mass is 458 g/mol. The number of esters is 1. The molecule has 148 valence electrons. The quantitative estimate of drug-likeness (QED) is 0.174. The Kier molecular flexibility index (Phi) is 9.79. The van der Waals surface area contributed by atoms with Gasteiger partial charge in [0.25, 0.3) is 0 Å². The van der Waals surface area contributed by atoms with Gasteiger partial charge in [0.05, 0.1) is 12.0 Å². The molecular formula is C20H35BrO3Si2. The average molecular weight is 460 g/mol. The zero-order valence-corrected chi connectivity index (χ0v) is 20.9. The molecule has 0 bridgehead atoms. The van der Waals surface area contributed by atoms with Gasteiger partial charge in [0.15, 0.2) is 17.4 Å². The lowest BCUT2D eigenvalue weighted by molar-refractivity contribution is -0.154. The number of ether oxygens (including phenoxy) is 1. The Morgan fingerprint density at radius 1 is 1.19 bits per heavy atom. The Balaban J connectivity index is 2.35. The molecule has 1 aromatic carbocycles. The van der Waals surface area contributed by atoms with Crippen LogP contribution in [-0.4, -0.2) is 29.9 Å². The van der Waals surface area contributed by atoms with Gasteiger partial charge in [-0.3, -0.25) is 4.79 Å². The maximum atomic E-state index is 12.5. The number of halogens is 1. The van der Waals surface area contributed by atoms with E-state index in [0.717, 1.165) is 18.9 Å². The lowest BCUT2D eigenvalue weighted by atomic mass is 9.86. The van der Waals surface area contributed by atoms with E-state index < -0.39 is 22.8 Å². The highest BCUT2D eigenvalue weighted by Gasteiger charge is 2.32. The van der Waals surface area contributed by atoms with Gasteiger partial charge in [0, 0.05) is 4.83 Å². The minimum Gasteiger partial charge on any atom is -0.465 e. The van der Waals surface area contributed by atoms with Crippen LogP contribution in [0, 0.1) is 5.41 Å². The van der Waals surface area contributed by atoms with Crippen LogP contribution in [0.15, 0.2) is 30.3 Å². The van der Waals surface area contributed by atoms with Gasteiger partial charge in [-0.2, -0.15) is 0 Å². The molecule has 0 aliphatic rings. The topological polar surface area (TPSA) is 35.5 Å². The number of hydrogen-bond donors (Lipinski definition) is 0. The van der Waals surface area contributed by atoms with E-state index in [0.29, 0.717) is 13.0 Å². The summed E-state index contributed by atoms with van der Waals surface area (Å²) in [6, 6.07) is 11.3. The van der Waals surface area contributed by atoms with Crippen molar-refractivity contribution >= 4 is 39.3 Å². The summed E-state index contributed by atoms with van der Waals surface area (Å²) in [7, 11) is -2.49. The molecule has 0 amide bonds. The van der Waals surface area contributed by atoms with Crippen LogP contribution in [0.4, 0.5) is 0 Å². The van der Waals surface area contributed by atoms with Crippen LogP contribution in [-0.2, 0) is 13.6 Å². The van der Waals surface area contributed by atoms with Crippen LogP contribution < -0.4 is 0 Å². The molecule has 0 fully saturated rings. The maximum absolute atomic E-state index is 12.5. The van der Waals surface area contributed by atoms with Gasteiger partial charge < -0.3 is 8.85 Å². The number of alkyl halides is 1. The molecule has 0 aromatic heterocycles. The van der Waals surface area contributed by atoms with Gasteiger partial charge in [-0.15, -0.1) is 0 Å². The molecule has 1 rings (SSSR count). The van der Waals surface area contributed by atoms with Crippen molar-refractivity contribution in [2.75, 3.05) is 6.61 Å². The Hall–Kier alpha value is -0.436. The first-order chi connectivity index (χ1) is 12.0. The van der Waals surface area contributed by atoms with E-state index in [9.17, 15) is 4.79 Å². The molecule has 0 heterocycles. The minimum absolute atomic E-state index is 0.111. The first kappa shape index (κ1) is 23.6. The van der Waals surface area contributed by atoms with Crippen molar-refractivity contribution in [2.24, 2.45) is 5.41 Å². The lowest BCUT2D eigenvalue weighted by Crippen LogP contribution is -2.35. The lowest BCUT2D eigenvalue weighted by Gasteiger charge is -2.26. The molecule has 0 saturated carbocycles. The van der Waals surface area contributed by atoms with E-state index in [2.05, 4.69) is 54.3 Å². The van der Waals surface area contributed by atoms with Gasteiger partial charge >= 0.3 is 5.97 Å². The molecular weight excluding hydrogens is 424 g/mol. The zero-order chi connectivity index (χ0) is 19.8. The summed E-state index contributed by atoms with van der Waals surface area (Å²) in [6.45, 7) is 13.5. The summed E-state index contributed by atoms with van der Waals surface area (Å²) in [5.74, 6) is -0.111. The predicted molar refractivity (Wildman–Crippen MR) is 119 cm³/mol.